The summed E-state index contributed by atoms with van der Waals surface area (Å²) in [7, 11) is 0. The number of aliphatic hydroxyl groups is 1. The molecule has 1 fully saturated rings. The van der Waals surface area contributed by atoms with E-state index in [0.717, 1.165) is 12.1 Å². The highest BCUT2D eigenvalue weighted by molar-refractivity contribution is 5.83. The third kappa shape index (κ3) is 3.29. The monoisotopic (exact) mass is 400 g/mol. The summed E-state index contributed by atoms with van der Waals surface area (Å²) in [5.74, 6) is 0. The molecule has 1 heterocycles. The Balaban J connectivity index is 2.53. The van der Waals surface area contributed by atoms with Gasteiger partial charge in [0.25, 0.3) is 5.60 Å². The molecule has 1 unspecified atom stereocenters. The van der Waals surface area contributed by atoms with Gasteiger partial charge in [0, 0.05) is 30.5 Å². The molecule has 152 valence electrons. The normalized spacial score (nSPS) is 24.1. The third-order valence-electron chi connectivity index (χ3n) is 5.05. The van der Waals surface area contributed by atoms with Crippen LogP contribution in [0, 0.1) is 0 Å². The Morgan fingerprint density at radius 1 is 1.15 bits per heavy atom. The lowest BCUT2D eigenvalue weighted by atomic mass is 9.92. The minimum Gasteiger partial charge on any atom is -0.420 e. The van der Waals surface area contributed by atoms with E-state index in [4.69, 9.17) is 4.74 Å². The fourth-order valence-electron chi connectivity index (χ4n) is 3.53. The quantitative estimate of drug-likeness (QED) is 0.594. The summed E-state index contributed by atoms with van der Waals surface area (Å²) in [6.07, 6.45) is -11.2. The zero-order valence-corrected chi connectivity index (χ0v) is 14.7. The fourth-order valence-corrected chi connectivity index (χ4v) is 3.53. The number of carbonyl (C=O) groups excluding carboxylic acids is 1. The Labute approximate surface area is 151 Å². The predicted octanol–water partition coefficient (Wildman–Crippen LogP) is 4.64. The predicted molar refractivity (Wildman–Crippen MR) is 84.8 cm³/mol. The molecule has 1 amide bonds. The van der Waals surface area contributed by atoms with Gasteiger partial charge in [-0.2, -0.15) is 35.6 Å². The van der Waals surface area contributed by atoms with Crippen molar-refractivity contribution >= 4 is 11.8 Å². The topological polar surface area (TPSA) is 46.5 Å². The van der Waals surface area contributed by atoms with Crippen LogP contribution in [0.15, 0.2) is 24.3 Å². The lowest BCUT2D eigenvalue weighted by Crippen LogP contribution is -2.57. The molecule has 1 aliphatic rings. The van der Waals surface area contributed by atoms with Crippen molar-refractivity contribution in [2.75, 3.05) is 13.2 Å². The van der Waals surface area contributed by atoms with Gasteiger partial charge >= 0.3 is 18.4 Å². The zero-order chi connectivity index (χ0) is 20.7. The molecule has 1 aromatic rings. The van der Waals surface area contributed by atoms with E-state index >= 15 is 0 Å². The number of carbonyl (C=O) groups is 1. The maximum absolute atomic E-state index is 13.0. The Morgan fingerprint density at radius 3 is 2.04 bits per heavy atom. The molecule has 2 atom stereocenters. The molecule has 0 spiro atoms. The Kier molecular flexibility index (Phi) is 5.55. The lowest BCUT2D eigenvalue weighted by molar-refractivity contribution is -0.376. The highest BCUT2D eigenvalue weighted by Crippen LogP contribution is 2.50. The SMILES string of the molecule is CCOC(=O)[N+]1(c2ccc(C(O)(C(F)(F)F)C(F)(F)F)cc2)CCC[C@H]1C. The zero-order valence-electron chi connectivity index (χ0n) is 14.7. The van der Waals surface area contributed by atoms with Crippen molar-refractivity contribution in [3.05, 3.63) is 29.8 Å². The van der Waals surface area contributed by atoms with Crippen molar-refractivity contribution in [3.8, 4) is 0 Å². The van der Waals surface area contributed by atoms with E-state index in [1.165, 1.54) is 0 Å². The van der Waals surface area contributed by atoms with E-state index in [1.54, 1.807) is 13.8 Å². The number of ether oxygens (including phenoxy) is 1. The van der Waals surface area contributed by atoms with Crippen LogP contribution in [-0.4, -0.2) is 42.7 Å². The summed E-state index contributed by atoms with van der Waals surface area (Å²) in [5.41, 5.74) is -6.14. The second kappa shape index (κ2) is 6.97. The number of nitrogens with zero attached hydrogens (tertiary/aromatic N) is 1. The number of rotatable bonds is 3. The van der Waals surface area contributed by atoms with Crippen molar-refractivity contribution in [3.63, 3.8) is 0 Å². The molecule has 0 aliphatic carbocycles. The first-order chi connectivity index (χ1) is 12.3. The van der Waals surface area contributed by atoms with Gasteiger partial charge in [-0.3, -0.25) is 0 Å². The summed E-state index contributed by atoms with van der Waals surface area (Å²) in [6, 6.07) is 2.88. The first-order valence-electron chi connectivity index (χ1n) is 8.34. The molecular weight excluding hydrogens is 380 g/mol. The van der Waals surface area contributed by atoms with Gasteiger partial charge in [-0.15, -0.1) is 0 Å². The summed E-state index contributed by atoms with van der Waals surface area (Å²) in [5, 5.41) is 9.47. The standard InChI is InChI=1S/C17H20F6NO3/c1-3-27-14(25)24(10-4-5-11(24)2)13-8-6-12(7-9-13)15(26,16(18,19)20)17(21,22)23/h6-9,11,26H,3-5,10H2,1-2H3/q+1/t11-,24?/m1/s1. The number of likely N-dealkylation sites (tertiary alicyclic amines) is 1. The molecule has 0 aromatic heterocycles. The smallest absolute Gasteiger partial charge is 0.420 e. The molecule has 2 rings (SSSR count). The number of alkyl halides is 6. The van der Waals surface area contributed by atoms with Gasteiger partial charge in [0.05, 0.1) is 13.2 Å². The Morgan fingerprint density at radius 2 is 1.67 bits per heavy atom. The molecule has 27 heavy (non-hydrogen) atoms. The van der Waals surface area contributed by atoms with Crippen LogP contribution in [0.25, 0.3) is 0 Å². The molecule has 0 saturated carbocycles. The maximum Gasteiger partial charge on any atom is 0.521 e. The molecule has 10 heteroatoms. The van der Waals surface area contributed by atoms with Gasteiger partial charge in [0.15, 0.2) is 0 Å². The number of hydrogen-bond donors (Lipinski definition) is 1. The Hall–Kier alpha value is -1.81. The van der Waals surface area contributed by atoms with Gasteiger partial charge < -0.3 is 9.84 Å². The van der Waals surface area contributed by atoms with Crippen molar-refractivity contribution in [1.82, 2.24) is 4.48 Å². The van der Waals surface area contributed by atoms with Crippen LogP contribution in [0.2, 0.25) is 0 Å². The van der Waals surface area contributed by atoms with Crippen molar-refractivity contribution in [2.24, 2.45) is 0 Å². The van der Waals surface area contributed by atoms with Gasteiger partial charge in [0.2, 0.25) is 0 Å². The van der Waals surface area contributed by atoms with Crippen molar-refractivity contribution in [2.45, 2.75) is 50.7 Å². The molecule has 0 bridgehead atoms. The maximum atomic E-state index is 13.0. The van der Waals surface area contributed by atoms with Crippen LogP contribution in [0.4, 0.5) is 36.8 Å². The van der Waals surface area contributed by atoms with Crippen LogP contribution >= 0.6 is 0 Å². The number of hydrogen-bond acceptors (Lipinski definition) is 3. The van der Waals surface area contributed by atoms with Crippen LogP contribution in [-0.2, 0) is 10.3 Å². The number of benzene rings is 1. The molecular formula is C17H20F6NO3+. The molecule has 1 N–H and O–H groups in total. The van der Waals surface area contributed by atoms with Gasteiger partial charge in [-0.25, -0.2) is 0 Å². The summed E-state index contributed by atoms with van der Waals surface area (Å²) >= 11 is 0. The van der Waals surface area contributed by atoms with E-state index in [0.29, 0.717) is 31.5 Å². The average Bonchev–Trinajstić information content (AvgIpc) is 2.95. The third-order valence-corrected chi connectivity index (χ3v) is 5.05. The highest BCUT2D eigenvalue weighted by Gasteiger charge is 2.71. The van der Waals surface area contributed by atoms with E-state index in [1.807, 2.05) is 0 Å². The van der Waals surface area contributed by atoms with E-state index < -0.39 is 29.6 Å². The number of halogens is 6. The Bertz CT molecular complexity index is 671. The van der Waals surface area contributed by atoms with Crippen LogP contribution in [0.3, 0.4) is 0 Å². The molecule has 0 radical (unpaired) electrons. The molecule has 1 aliphatic heterocycles. The number of amides is 1. The summed E-state index contributed by atoms with van der Waals surface area (Å²) in [6.45, 7) is 3.78. The second-order valence-corrected chi connectivity index (χ2v) is 6.54. The van der Waals surface area contributed by atoms with E-state index in [2.05, 4.69) is 0 Å². The highest BCUT2D eigenvalue weighted by atomic mass is 19.4. The average molecular weight is 400 g/mol. The summed E-state index contributed by atoms with van der Waals surface area (Å²) in [4.78, 5) is 12.5. The van der Waals surface area contributed by atoms with Crippen LogP contribution in [0.5, 0.6) is 0 Å². The second-order valence-electron chi connectivity index (χ2n) is 6.54. The van der Waals surface area contributed by atoms with Gasteiger partial charge in [-0.1, -0.05) is 0 Å². The van der Waals surface area contributed by atoms with E-state index in [9.17, 15) is 36.2 Å². The van der Waals surface area contributed by atoms with E-state index in [-0.39, 0.29) is 22.8 Å². The van der Waals surface area contributed by atoms with Gasteiger partial charge in [0.1, 0.15) is 11.7 Å². The van der Waals surface area contributed by atoms with Crippen LogP contribution < -0.4 is 4.48 Å². The van der Waals surface area contributed by atoms with Crippen LogP contribution in [0.1, 0.15) is 32.3 Å². The minimum atomic E-state index is -5.96. The number of quaternary nitrogens is 1. The fraction of sp³-hybridized carbons (Fsp3) is 0.588. The first-order valence-corrected chi connectivity index (χ1v) is 8.34. The van der Waals surface area contributed by atoms with Gasteiger partial charge in [-0.05, 0) is 26.0 Å². The molecule has 1 saturated heterocycles. The minimum absolute atomic E-state index is 0.0888. The van der Waals surface area contributed by atoms with Crippen molar-refractivity contribution in [1.29, 1.82) is 0 Å². The lowest BCUT2D eigenvalue weighted by Gasteiger charge is -2.35. The summed E-state index contributed by atoms with van der Waals surface area (Å²) < 4.78 is 82.8. The van der Waals surface area contributed by atoms with Crippen molar-refractivity contribution < 1.29 is 41.0 Å². The largest absolute Gasteiger partial charge is 0.521 e. The molecule has 1 aromatic carbocycles. The first kappa shape index (κ1) is 21.5. The molecule has 4 nitrogen and oxygen atoms in total.